The number of methoxy groups -OCH3 is 1. The molecule has 2 aromatic rings. The Labute approximate surface area is 172 Å². The summed E-state index contributed by atoms with van der Waals surface area (Å²) in [5, 5.41) is 13.6. The van der Waals surface area contributed by atoms with E-state index in [0.717, 1.165) is 18.7 Å². The molecule has 1 aliphatic heterocycles. The lowest BCUT2D eigenvalue weighted by Gasteiger charge is -2.28. The zero-order chi connectivity index (χ0) is 20.5. The van der Waals surface area contributed by atoms with Gasteiger partial charge in [0.1, 0.15) is 18.5 Å². The van der Waals surface area contributed by atoms with Gasteiger partial charge in [0.15, 0.2) is 11.5 Å². The van der Waals surface area contributed by atoms with Gasteiger partial charge in [-0.1, -0.05) is 30.7 Å². The van der Waals surface area contributed by atoms with Gasteiger partial charge in [0, 0.05) is 25.2 Å². The fraction of sp³-hybridized carbons (Fsp3) is 0.478. The van der Waals surface area contributed by atoms with E-state index in [4.69, 9.17) is 9.47 Å². The van der Waals surface area contributed by atoms with E-state index < -0.39 is 6.10 Å². The summed E-state index contributed by atoms with van der Waals surface area (Å²) >= 11 is 0. The predicted octanol–water partition coefficient (Wildman–Crippen LogP) is 3.35. The van der Waals surface area contributed by atoms with Crippen LogP contribution in [0.15, 0.2) is 42.5 Å². The Morgan fingerprint density at radius 1 is 1.07 bits per heavy atom. The highest BCUT2D eigenvalue weighted by Crippen LogP contribution is 2.28. The van der Waals surface area contributed by atoms with Gasteiger partial charge in [0.25, 0.3) is 0 Å². The lowest BCUT2D eigenvalue weighted by Crippen LogP contribution is -2.38. The molecule has 0 bridgehead atoms. The van der Waals surface area contributed by atoms with Crippen molar-refractivity contribution in [1.82, 2.24) is 10.2 Å². The predicted molar refractivity (Wildman–Crippen MR) is 112 cm³/mol. The summed E-state index contributed by atoms with van der Waals surface area (Å²) in [7, 11) is 1.60. The number of rotatable bonds is 10. The number of aliphatic hydroxyl groups is 1. The normalized spacial score (nSPS) is 15.8. The molecule has 1 heterocycles. The van der Waals surface area contributed by atoms with Gasteiger partial charge in [-0.3, -0.25) is 0 Å². The third kappa shape index (κ3) is 6.70. The van der Waals surface area contributed by atoms with Crippen molar-refractivity contribution >= 4 is 0 Å². The average molecular weight is 403 g/mol. The lowest BCUT2D eigenvalue weighted by atomic mass is 10.1. The first-order valence-corrected chi connectivity index (χ1v) is 10.3. The van der Waals surface area contributed by atoms with Gasteiger partial charge < -0.3 is 24.8 Å². The number of nitrogens with one attached hydrogen (secondary N) is 1. The minimum atomic E-state index is -0.541. The SMILES string of the molecule is COc1ccc(CNCc2ccccc2F)cc1OCC(O)CN1CCCCC1. The quantitative estimate of drug-likeness (QED) is 0.638. The van der Waals surface area contributed by atoms with E-state index in [2.05, 4.69) is 10.2 Å². The number of likely N-dealkylation sites (tertiary alicyclic amines) is 1. The summed E-state index contributed by atoms with van der Waals surface area (Å²) in [4.78, 5) is 2.29. The number of aliphatic hydroxyl groups excluding tert-OH is 1. The third-order valence-corrected chi connectivity index (χ3v) is 5.18. The Morgan fingerprint density at radius 3 is 2.62 bits per heavy atom. The van der Waals surface area contributed by atoms with Crippen LogP contribution in [0.4, 0.5) is 4.39 Å². The third-order valence-electron chi connectivity index (χ3n) is 5.18. The van der Waals surface area contributed by atoms with Crippen molar-refractivity contribution < 1.29 is 19.0 Å². The molecular formula is C23H31FN2O3. The van der Waals surface area contributed by atoms with Crippen molar-refractivity contribution in [2.75, 3.05) is 33.4 Å². The molecule has 0 aromatic heterocycles. The van der Waals surface area contributed by atoms with Crippen LogP contribution in [0.25, 0.3) is 0 Å². The number of piperidine rings is 1. The number of benzene rings is 2. The highest BCUT2D eigenvalue weighted by molar-refractivity contribution is 5.43. The molecule has 1 saturated heterocycles. The summed E-state index contributed by atoms with van der Waals surface area (Å²) in [5.41, 5.74) is 1.64. The lowest BCUT2D eigenvalue weighted by molar-refractivity contribution is 0.0608. The molecule has 1 aliphatic rings. The topological polar surface area (TPSA) is 54.0 Å². The van der Waals surface area contributed by atoms with Gasteiger partial charge in [0.05, 0.1) is 7.11 Å². The Balaban J connectivity index is 1.51. The molecule has 1 unspecified atom stereocenters. The van der Waals surface area contributed by atoms with Crippen LogP contribution in [-0.2, 0) is 13.1 Å². The molecule has 6 heteroatoms. The molecule has 2 N–H and O–H groups in total. The zero-order valence-electron chi connectivity index (χ0n) is 17.1. The summed E-state index contributed by atoms with van der Waals surface area (Å²) in [5.74, 6) is 1.03. The molecule has 1 atom stereocenters. The van der Waals surface area contributed by atoms with E-state index in [0.29, 0.717) is 36.7 Å². The second kappa shape index (κ2) is 11.1. The van der Waals surface area contributed by atoms with Crippen LogP contribution >= 0.6 is 0 Å². The summed E-state index contributed by atoms with van der Waals surface area (Å²) in [6, 6.07) is 12.5. The summed E-state index contributed by atoms with van der Waals surface area (Å²) in [6.45, 7) is 3.97. The first kappa shape index (κ1) is 21.6. The van der Waals surface area contributed by atoms with E-state index in [-0.39, 0.29) is 12.4 Å². The Kier molecular flexibility index (Phi) is 8.28. The molecule has 29 heavy (non-hydrogen) atoms. The number of hydrogen-bond donors (Lipinski definition) is 2. The van der Waals surface area contributed by atoms with Crippen molar-refractivity contribution in [3.63, 3.8) is 0 Å². The van der Waals surface area contributed by atoms with Crippen LogP contribution < -0.4 is 14.8 Å². The van der Waals surface area contributed by atoms with Gasteiger partial charge in [-0.15, -0.1) is 0 Å². The van der Waals surface area contributed by atoms with Gasteiger partial charge in [-0.05, 0) is 49.7 Å². The number of nitrogens with zero attached hydrogens (tertiary/aromatic N) is 1. The molecule has 158 valence electrons. The Bertz CT molecular complexity index is 766. The highest BCUT2D eigenvalue weighted by Gasteiger charge is 2.16. The fourth-order valence-corrected chi connectivity index (χ4v) is 3.61. The number of β-amino-alcohol motifs (C(OH)–C–C–N with tert-alkyl or cyclic N) is 1. The monoisotopic (exact) mass is 402 g/mol. The maximum Gasteiger partial charge on any atom is 0.161 e. The van der Waals surface area contributed by atoms with Crippen molar-refractivity contribution in [1.29, 1.82) is 0 Å². The molecule has 5 nitrogen and oxygen atoms in total. The summed E-state index contributed by atoms with van der Waals surface area (Å²) < 4.78 is 25.0. The van der Waals surface area contributed by atoms with Crippen LogP contribution in [0.2, 0.25) is 0 Å². The Morgan fingerprint density at radius 2 is 1.86 bits per heavy atom. The average Bonchev–Trinajstić information content (AvgIpc) is 2.74. The molecule has 2 aromatic carbocycles. The van der Waals surface area contributed by atoms with Crippen molar-refractivity contribution in [2.24, 2.45) is 0 Å². The first-order valence-electron chi connectivity index (χ1n) is 10.3. The van der Waals surface area contributed by atoms with Crippen molar-refractivity contribution in [3.05, 3.63) is 59.4 Å². The molecule has 1 fully saturated rings. The van der Waals surface area contributed by atoms with Crippen LogP contribution in [-0.4, -0.2) is 49.5 Å². The maximum absolute atomic E-state index is 13.7. The van der Waals surface area contributed by atoms with E-state index in [1.54, 1.807) is 19.2 Å². The molecule has 0 aliphatic carbocycles. The van der Waals surface area contributed by atoms with Crippen molar-refractivity contribution in [3.8, 4) is 11.5 Å². The second-order valence-corrected chi connectivity index (χ2v) is 7.51. The van der Waals surface area contributed by atoms with Gasteiger partial charge in [-0.25, -0.2) is 4.39 Å². The molecule has 0 spiro atoms. The molecule has 3 rings (SSSR count). The fourth-order valence-electron chi connectivity index (χ4n) is 3.61. The number of hydrogen-bond acceptors (Lipinski definition) is 5. The number of ether oxygens (including phenoxy) is 2. The van der Waals surface area contributed by atoms with Crippen LogP contribution in [0.3, 0.4) is 0 Å². The molecular weight excluding hydrogens is 371 g/mol. The van der Waals surface area contributed by atoms with Crippen molar-refractivity contribution in [2.45, 2.75) is 38.5 Å². The van der Waals surface area contributed by atoms with Crippen LogP contribution in [0, 0.1) is 5.82 Å². The standard InChI is InChI=1S/C23H31FN2O3/c1-28-22-10-9-18(14-25-15-19-7-3-4-8-21(19)24)13-23(22)29-17-20(27)16-26-11-5-2-6-12-26/h3-4,7-10,13,20,25,27H,2,5-6,11-12,14-17H2,1H3. The highest BCUT2D eigenvalue weighted by atomic mass is 19.1. The first-order chi connectivity index (χ1) is 14.2. The maximum atomic E-state index is 13.7. The molecule has 0 saturated carbocycles. The van der Waals surface area contributed by atoms with E-state index in [1.165, 1.54) is 25.3 Å². The zero-order valence-corrected chi connectivity index (χ0v) is 17.1. The van der Waals surface area contributed by atoms with Crippen LogP contribution in [0.5, 0.6) is 11.5 Å². The van der Waals surface area contributed by atoms with E-state index in [9.17, 15) is 9.50 Å². The summed E-state index contributed by atoms with van der Waals surface area (Å²) in [6.07, 6.45) is 3.13. The minimum Gasteiger partial charge on any atom is -0.493 e. The largest absolute Gasteiger partial charge is 0.493 e. The minimum absolute atomic E-state index is 0.207. The van der Waals surface area contributed by atoms with E-state index >= 15 is 0 Å². The van der Waals surface area contributed by atoms with Gasteiger partial charge in [0.2, 0.25) is 0 Å². The smallest absolute Gasteiger partial charge is 0.161 e. The molecule has 0 radical (unpaired) electrons. The second-order valence-electron chi connectivity index (χ2n) is 7.51. The number of halogens is 1. The van der Waals surface area contributed by atoms with Gasteiger partial charge in [-0.2, -0.15) is 0 Å². The van der Waals surface area contributed by atoms with Gasteiger partial charge >= 0.3 is 0 Å². The van der Waals surface area contributed by atoms with Crippen LogP contribution in [0.1, 0.15) is 30.4 Å². The van der Waals surface area contributed by atoms with E-state index in [1.807, 2.05) is 24.3 Å². The Hall–Kier alpha value is -2.15. The molecule has 0 amide bonds.